The van der Waals surface area contributed by atoms with Gasteiger partial charge in [0.15, 0.2) is 0 Å². The number of hydrogen-bond acceptors (Lipinski definition) is 5. The van der Waals surface area contributed by atoms with E-state index in [4.69, 9.17) is 4.74 Å². The van der Waals surface area contributed by atoms with E-state index in [2.05, 4.69) is 5.32 Å². The summed E-state index contributed by atoms with van der Waals surface area (Å²) in [6.07, 6.45) is 0. The molecule has 0 fully saturated rings. The van der Waals surface area contributed by atoms with Crippen molar-refractivity contribution in [3.05, 3.63) is 56.6 Å². The summed E-state index contributed by atoms with van der Waals surface area (Å²) in [5, 5.41) is 4.13. The van der Waals surface area contributed by atoms with Crippen LogP contribution in [0.5, 0.6) is 0 Å². The quantitative estimate of drug-likeness (QED) is 0.808. The minimum absolute atomic E-state index is 0.0971. The van der Waals surface area contributed by atoms with Crippen molar-refractivity contribution in [1.82, 2.24) is 9.88 Å². The van der Waals surface area contributed by atoms with Gasteiger partial charge in [-0.05, 0) is 12.5 Å². The summed E-state index contributed by atoms with van der Waals surface area (Å²) in [6.45, 7) is 1.60. The Morgan fingerprint density at radius 3 is 2.64 bits per heavy atom. The highest BCUT2D eigenvalue weighted by Gasteiger charge is 2.10. The molecule has 0 spiro atoms. The van der Waals surface area contributed by atoms with E-state index < -0.39 is 11.9 Å². The lowest BCUT2D eigenvalue weighted by Gasteiger charge is -2.07. The third kappa shape index (κ3) is 4.56. The third-order valence-corrected chi connectivity index (χ3v) is 3.83. The molecule has 0 saturated carbocycles. The molecule has 7 heteroatoms. The minimum atomic E-state index is -0.522. The number of amides is 1. The molecule has 2 aromatic rings. The molecule has 0 aliphatic carbocycles. The number of nitrogens with zero attached hydrogens (tertiary/aromatic N) is 1. The van der Waals surface area contributed by atoms with Crippen LogP contribution in [0.1, 0.15) is 11.3 Å². The fourth-order valence-electron chi connectivity index (χ4n) is 1.76. The van der Waals surface area contributed by atoms with E-state index in [0.717, 1.165) is 22.6 Å². The maximum absolute atomic E-state index is 11.7. The van der Waals surface area contributed by atoms with Crippen molar-refractivity contribution in [3.8, 4) is 0 Å². The van der Waals surface area contributed by atoms with E-state index in [1.54, 1.807) is 12.3 Å². The van der Waals surface area contributed by atoms with Crippen LogP contribution in [-0.2, 0) is 27.5 Å². The van der Waals surface area contributed by atoms with Gasteiger partial charge in [0.2, 0.25) is 5.91 Å². The van der Waals surface area contributed by atoms with E-state index in [1.807, 2.05) is 30.3 Å². The van der Waals surface area contributed by atoms with Crippen molar-refractivity contribution in [3.63, 3.8) is 0 Å². The predicted molar refractivity (Wildman–Crippen MR) is 82.6 cm³/mol. The molecule has 116 valence electrons. The summed E-state index contributed by atoms with van der Waals surface area (Å²) in [4.78, 5) is 34.6. The number of aryl methyl sites for hydroxylation is 1. The summed E-state index contributed by atoms with van der Waals surface area (Å²) < 4.78 is 6.40. The number of hydrogen-bond donors (Lipinski definition) is 1. The van der Waals surface area contributed by atoms with Crippen molar-refractivity contribution in [2.24, 2.45) is 0 Å². The summed E-state index contributed by atoms with van der Waals surface area (Å²) in [7, 11) is 0. The number of nitrogens with one attached hydrogen (secondary N) is 1. The van der Waals surface area contributed by atoms with Crippen molar-refractivity contribution in [2.75, 3.05) is 6.54 Å². The van der Waals surface area contributed by atoms with Gasteiger partial charge < -0.3 is 10.1 Å². The SMILES string of the molecule is Cc1csc(=O)n1CC(=O)NCC(=O)OCc1ccccc1. The van der Waals surface area contributed by atoms with Crippen molar-refractivity contribution < 1.29 is 14.3 Å². The van der Waals surface area contributed by atoms with Crippen LogP contribution in [0, 0.1) is 6.92 Å². The molecule has 1 heterocycles. The first-order valence-corrected chi connectivity index (χ1v) is 7.55. The number of esters is 1. The third-order valence-electron chi connectivity index (χ3n) is 2.95. The smallest absolute Gasteiger partial charge is 0.325 e. The molecule has 1 amide bonds. The summed E-state index contributed by atoms with van der Waals surface area (Å²) in [6, 6.07) is 9.27. The molecule has 0 radical (unpaired) electrons. The number of rotatable bonds is 6. The van der Waals surface area contributed by atoms with Gasteiger partial charge in [-0.15, -0.1) is 0 Å². The molecular formula is C15H16N2O4S. The highest BCUT2D eigenvalue weighted by atomic mass is 32.1. The molecule has 0 aliphatic heterocycles. The number of benzene rings is 1. The molecule has 0 atom stereocenters. The number of carbonyl (C=O) groups is 2. The van der Waals surface area contributed by atoms with Gasteiger partial charge >= 0.3 is 10.8 Å². The van der Waals surface area contributed by atoms with E-state index in [-0.39, 0.29) is 24.6 Å². The van der Waals surface area contributed by atoms with Crippen LogP contribution in [0.15, 0.2) is 40.5 Å². The highest BCUT2D eigenvalue weighted by molar-refractivity contribution is 7.07. The zero-order valence-corrected chi connectivity index (χ0v) is 12.9. The first-order valence-electron chi connectivity index (χ1n) is 6.67. The monoisotopic (exact) mass is 320 g/mol. The normalized spacial score (nSPS) is 10.2. The Bertz CT molecular complexity index is 706. The zero-order chi connectivity index (χ0) is 15.9. The van der Waals surface area contributed by atoms with E-state index in [9.17, 15) is 14.4 Å². The van der Waals surface area contributed by atoms with E-state index in [0.29, 0.717) is 0 Å². The number of carbonyl (C=O) groups excluding carboxylic acids is 2. The molecule has 22 heavy (non-hydrogen) atoms. The number of aromatic nitrogens is 1. The Morgan fingerprint density at radius 1 is 1.27 bits per heavy atom. The number of ether oxygens (including phenoxy) is 1. The maximum atomic E-state index is 11.7. The molecule has 0 aliphatic rings. The molecular weight excluding hydrogens is 304 g/mol. The summed E-state index contributed by atoms with van der Waals surface area (Å²) in [5.74, 6) is -0.924. The average Bonchev–Trinajstić information content (AvgIpc) is 2.84. The van der Waals surface area contributed by atoms with E-state index >= 15 is 0 Å². The lowest BCUT2D eigenvalue weighted by Crippen LogP contribution is -2.35. The molecule has 1 aromatic heterocycles. The fraction of sp³-hybridized carbons (Fsp3) is 0.267. The van der Waals surface area contributed by atoms with Crippen molar-refractivity contribution >= 4 is 23.2 Å². The van der Waals surface area contributed by atoms with Gasteiger partial charge in [-0.2, -0.15) is 0 Å². The lowest BCUT2D eigenvalue weighted by atomic mass is 10.2. The van der Waals surface area contributed by atoms with Gasteiger partial charge in [0.1, 0.15) is 19.7 Å². The lowest BCUT2D eigenvalue weighted by molar-refractivity contribution is -0.145. The average molecular weight is 320 g/mol. The Kier molecular flexibility index (Phi) is 5.48. The molecule has 2 rings (SSSR count). The predicted octanol–water partition coefficient (Wildman–Crippen LogP) is 1.08. The zero-order valence-electron chi connectivity index (χ0n) is 12.1. The van der Waals surface area contributed by atoms with Gasteiger partial charge in [0.25, 0.3) is 0 Å². The minimum Gasteiger partial charge on any atom is -0.460 e. The molecule has 6 nitrogen and oxygen atoms in total. The van der Waals surface area contributed by atoms with Gasteiger partial charge in [0.05, 0.1) is 0 Å². The first kappa shape index (κ1) is 16.0. The maximum Gasteiger partial charge on any atom is 0.325 e. The van der Waals surface area contributed by atoms with Crippen LogP contribution in [0.25, 0.3) is 0 Å². The molecule has 1 N–H and O–H groups in total. The second kappa shape index (κ2) is 7.56. The van der Waals surface area contributed by atoms with Crippen LogP contribution in [0.4, 0.5) is 0 Å². The van der Waals surface area contributed by atoms with Gasteiger partial charge in [-0.3, -0.25) is 19.0 Å². The second-order valence-electron chi connectivity index (χ2n) is 4.65. The highest BCUT2D eigenvalue weighted by Crippen LogP contribution is 2.01. The topological polar surface area (TPSA) is 77.4 Å². The van der Waals surface area contributed by atoms with Crippen molar-refractivity contribution in [2.45, 2.75) is 20.1 Å². The van der Waals surface area contributed by atoms with E-state index in [1.165, 1.54) is 4.57 Å². The largest absolute Gasteiger partial charge is 0.460 e. The Morgan fingerprint density at radius 2 is 2.00 bits per heavy atom. The summed E-state index contributed by atoms with van der Waals surface area (Å²) in [5.41, 5.74) is 1.60. The first-order chi connectivity index (χ1) is 10.6. The van der Waals surface area contributed by atoms with Gasteiger partial charge in [-0.1, -0.05) is 41.7 Å². The van der Waals surface area contributed by atoms with Crippen LogP contribution < -0.4 is 10.2 Å². The van der Waals surface area contributed by atoms with Crippen LogP contribution in [0.3, 0.4) is 0 Å². The number of thiazole rings is 1. The van der Waals surface area contributed by atoms with Gasteiger partial charge in [0, 0.05) is 11.1 Å². The van der Waals surface area contributed by atoms with Gasteiger partial charge in [-0.25, -0.2) is 0 Å². The standard InChI is InChI=1S/C15H16N2O4S/c1-11-10-22-15(20)17(11)8-13(18)16-7-14(19)21-9-12-5-3-2-4-6-12/h2-6,10H,7-9H2,1H3,(H,16,18). The van der Waals surface area contributed by atoms with Crippen LogP contribution >= 0.6 is 11.3 Å². The summed E-state index contributed by atoms with van der Waals surface area (Å²) >= 11 is 1.04. The molecule has 0 bridgehead atoms. The molecule has 0 saturated heterocycles. The van der Waals surface area contributed by atoms with Crippen LogP contribution in [-0.4, -0.2) is 23.0 Å². The second-order valence-corrected chi connectivity index (χ2v) is 5.47. The Labute approximate surface area is 131 Å². The molecule has 1 aromatic carbocycles. The molecule has 0 unspecified atom stereocenters. The van der Waals surface area contributed by atoms with Crippen LogP contribution in [0.2, 0.25) is 0 Å². The van der Waals surface area contributed by atoms with Crippen molar-refractivity contribution in [1.29, 1.82) is 0 Å². The Hall–Kier alpha value is -2.41. The fourth-order valence-corrected chi connectivity index (χ4v) is 2.49. The Balaban J connectivity index is 1.74.